The molecule has 0 saturated carbocycles. The van der Waals surface area contributed by atoms with Gasteiger partial charge >= 0.3 is 0 Å². The maximum Gasteiger partial charge on any atom is 0.164 e. The first-order valence-corrected chi connectivity index (χ1v) is 32.5. The van der Waals surface area contributed by atoms with Crippen molar-refractivity contribution in [3.63, 3.8) is 0 Å². The van der Waals surface area contributed by atoms with Crippen molar-refractivity contribution in [3.8, 4) is 171 Å². The molecule has 468 valence electrons. The summed E-state index contributed by atoms with van der Waals surface area (Å²) in [7, 11) is 0. The molecule has 0 saturated heterocycles. The third kappa shape index (κ3) is 14.1. The summed E-state index contributed by atoms with van der Waals surface area (Å²) in [5.74, 6) is 4.81. The fourth-order valence-corrected chi connectivity index (χ4v) is 11.6. The quantitative estimate of drug-likeness (QED) is 0.101. The van der Waals surface area contributed by atoms with Crippen LogP contribution in [0.25, 0.3) is 158 Å². The highest BCUT2D eigenvalue weighted by atomic mass is 15.0. The molecule has 0 spiro atoms. The van der Waals surface area contributed by atoms with Gasteiger partial charge in [0.2, 0.25) is 0 Å². The molecule has 0 fully saturated rings. The van der Waals surface area contributed by atoms with Gasteiger partial charge in [-0.05, 0) is 70.8 Å². The van der Waals surface area contributed by atoms with E-state index in [-0.39, 0.29) is 0 Å². The second kappa shape index (κ2) is 28.8. The molecule has 0 N–H and O–H groups in total. The maximum atomic E-state index is 9.52. The van der Waals surface area contributed by atoms with Crippen molar-refractivity contribution < 1.29 is 0 Å². The van der Waals surface area contributed by atoms with Gasteiger partial charge in [0, 0.05) is 66.8 Å². The highest BCUT2D eigenvalue weighted by molar-refractivity contribution is 5.80. The summed E-state index contributed by atoms with van der Waals surface area (Å²) >= 11 is 0. The molecule has 0 amide bonds. The fourth-order valence-electron chi connectivity index (χ4n) is 11.6. The third-order valence-corrected chi connectivity index (χ3v) is 16.8. The minimum absolute atomic E-state index is 0.511. The van der Waals surface area contributed by atoms with Crippen LogP contribution in [-0.4, -0.2) is 49.8 Å². The number of benzene rings is 12. The Kier molecular flexibility index (Phi) is 17.8. The van der Waals surface area contributed by atoms with Gasteiger partial charge in [0.25, 0.3) is 0 Å². The average molecular weight is 1280 g/mol. The number of rotatable bonds is 14. The average Bonchev–Trinajstić information content (AvgIpc) is 0.819. The number of nitriles is 2. The third-order valence-electron chi connectivity index (χ3n) is 16.8. The molecule has 12 heteroatoms. The minimum atomic E-state index is 0.511. The summed E-state index contributed by atoms with van der Waals surface area (Å²) in [6.07, 6.45) is 0. The Balaban J connectivity index is 0.000000162. The summed E-state index contributed by atoms with van der Waals surface area (Å²) in [4.78, 5) is 48.9. The molecule has 4 heterocycles. The van der Waals surface area contributed by atoms with E-state index in [2.05, 4.69) is 109 Å². The van der Waals surface area contributed by atoms with Crippen LogP contribution in [-0.2, 0) is 0 Å². The Morgan fingerprint density at radius 3 is 0.680 bits per heavy atom. The van der Waals surface area contributed by atoms with Crippen molar-refractivity contribution in [2.75, 3.05) is 0 Å². The SMILES string of the molecule is N#Cc1cccc(-c2cc(-c3cccc(-c4ccc(-c5nc(-c6ccccc6)nc(-c6ccccc6)n5)cc4)c3)nc(-c3ccccc3)n2)c1.N#Cc1cccc(-c2nc(-c3ccccc3)nc(-c3ccc(-c4cccc(-c5cc(-c6ccccc6)nc(-c6ccccc6)n5)c4)cc3)n2)c1. The number of aromatic nitrogens is 10. The summed E-state index contributed by atoms with van der Waals surface area (Å²) in [6.45, 7) is 0. The van der Waals surface area contributed by atoms with Crippen LogP contribution in [0.5, 0.6) is 0 Å². The van der Waals surface area contributed by atoms with Crippen LogP contribution in [0.4, 0.5) is 0 Å². The Morgan fingerprint density at radius 1 is 0.150 bits per heavy atom. The van der Waals surface area contributed by atoms with Crippen LogP contribution in [0.3, 0.4) is 0 Å². The molecule has 16 rings (SSSR count). The van der Waals surface area contributed by atoms with Gasteiger partial charge in [0.1, 0.15) is 0 Å². The van der Waals surface area contributed by atoms with Gasteiger partial charge < -0.3 is 0 Å². The smallest absolute Gasteiger partial charge is 0.164 e. The highest BCUT2D eigenvalue weighted by Gasteiger charge is 2.18. The van der Waals surface area contributed by atoms with E-state index < -0.39 is 0 Å². The Morgan fingerprint density at radius 2 is 0.360 bits per heavy atom. The summed E-state index contributed by atoms with van der Waals surface area (Å²) in [5, 5.41) is 19.0. The van der Waals surface area contributed by atoms with E-state index in [4.69, 9.17) is 49.8 Å². The molecule has 12 nitrogen and oxygen atoms in total. The molecule has 0 aliphatic carbocycles. The topological polar surface area (TPSA) is 176 Å². The van der Waals surface area contributed by atoms with Crippen LogP contribution in [0.2, 0.25) is 0 Å². The lowest BCUT2D eigenvalue weighted by Gasteiger charge is -2.11. The zero-order valence-electron chi connectivity index (χ0n) is 53.7. The lowest BCUT2D eigenvalue weighted by Crippen LogP contribution is -2.00. The highest BCUT2D eigenvalue weighted by Crippen LogP contribution is 2.35. The zero-order chi connectivity index (χ0) is 67.4. The van der Waals surface area contributed by atoms with Crippen molar-refractivity contribution in [1.82, 2.24) is 49.8 Å². The predicted octanol–water partition coefficient (Wildman–Crippen LogP) is 20.4. The van der Waals surface area contributed by atoms with Gasteiger partial charge in [-0.3, -0.25) is 0 Å². The molecule has 0 unspecified atom stereocenters. The molecule has 4 aromatic heterocycles. The molecule has 0 radical (unpaired) electrons. The molecule has 0 aliphatic heterocycles. The number of hydrogen-bond acceptors (Lipinski definition) is 12. The van der Waals surface area contributed by atoms with Crippen LogP contribution in [0, 0.1) is 22.7 Å². The van der Waals surface area contributed by atoms with Gasteiger partial charge in [-0.15, -0.1) is 0 Å². The molecular weight excluding hydrogens is 1230 g/mol. The van der Waals surface area contributed by atoms with Gasteiger partial charge in [0.15, 0.2) is 46.6 Å². The zero-order valence-corrected chi connectivity index (χ0v) is 53.7. The maximum absolute atomic E-state index is 9.52. The summed E-state index contributed by atoms with van der Waals surface area (Å²) in [5.41, 5.74) is 19.6. The van der Waals surface area contributed by atoms with Crippen LogP contribution >= 0.6 is 0 Å². The first kappa shape index (κ1) is 61.9. The van der Waals surface area contributed by atoms with E-state index in [9.17, 15) is 10.5 Å². The molecule has 0 atom stereocenters. The summed E-state index contributed by atoms with van der Waals surface area (Å²) < 4.78 is 0. The first-order chi connectivity index (χ1) is 49.4. The normalized spacial score (nSPS) is 10.8. The van der Waals surface area contributed by atoms with Gasteiger partial charge in [-0.1, -0.05) is 291 Å². The van der Waals surface area contributed by atoms with Crippen molar-refractivity contribution in [1.29, 1.82) is 10.5 Å². The molecule has 0 bridgehead atoms. The van der Waals surface area contributed by atoms with E-state index in [1.165, 1.54) is 0 Å². The van der Waals surface area contributed by atoms with Crippen molar-refractivity contribution >= 4 is 0 Å². The Bertz CT molecular complexity index is 5540. The standard InChI is InChI=1S/2C44H28N6/c45-29-30-12-10-21-38(26-30)44-49-42(34-17-8-3-9-18-34)48-43(50-44)35-24-22-31(23-25-35)36-19-11-20-37(27-36)40-28-39(32-13-4-1-5-14-32)46-41(47-40)33-15-6-2-7-16-33;45-29-30-12-10-20-37(26-30)39-28-40(47-41(46-39)32-13-4-1-5-14-32)38-21-11-19-36(27-38)31-22-24-35(25-23-31)44-49-42(33-15-6-2-7-16-33)48-43(50-44)34-17-8-3-9-18-34/h2*1-28H. The van der Waals surface area contributed by atoms with Crippen LogP contribution in [0.1, 0.15) is 11.1 Å². The lowest BCUT2D eigenvalue weighted by atomic mass is 9.99. The molecule has 12 aromatic carbocycles. The molecule has 0 aliphatic rings. The van der Waals surface area contributed by atoms with Gasteiger partial charge in [-0.25, -0.2) is 49.8 Å². The second-order valence-corrected chi connectivity index (χ2v) is 23.4. The van der Waals surface area contributed by atoms with E-state index in [0.29, 0.717) is 57.7 Å². The van der Waals surface area contributed by atoms with Crippen LogP contribution in [0.15, 0.2) is 340 Å². The van der Waals surface area contributed by atoms with Crippen molar-refractivity contribution in [2.24, 2.45) is 0 Å². The second-order valence-electron chi connectivity index (χ2n) is 23.4. The Hall–Kier alpha value is -14.2. The predicted molar refractivity (Wildman–Crippen MR) is 396 cm³/mol. The van der Waals surface area contributed by atoms with Crippen molar-refractivity contribution in [2.45, 2.75) is 0 Å². The largest absolute Gasteiger partial charge is 0.228 e. The Labute approximate surface area is 578 Å². The van der Waals surface area contributed by atoms with E-state index in [1.54, 1.807) is 18.2 Å². The fraction of sp³-hybridized carbons (Fsp3) is 0. The molecule has 16 aromatic rings. The van der Waals surface area contributed by atoms with Gasteiger partial charge in [-0.2, -0.15) is 10.5 Å². The number of nitrogens with zero attached hydrogens (tertiary/aromatic N) is 12. The molecule has 100 heavy (non-hydrogen) atoms. The van der Waals surface area contributed by atoms with E-state index >= 15 is 0 Å². The minimum Gasteiger partial charge on any atom is -0.228 e. The first-order valence-electron chi connectivity index (χ1n) is 32.5. The van der Waals surface area contributed by atoms with Gasteiger partial charge in [0.05, 0.1) is 46.0 Å². The monoisotopic (exact) mass is 1280 g/mol. The molecular formula is C88H56N12. The van der Waals surface area contributed by atoms with Crippen LogP contribution < -0.4 is 0 Å². The lowest BCUT2D eigenvalue weighted by molar-refractivity contribution is 1.07. The van der Waals surface area contributed by atoms with E-state index in [0.717, 1.165) is 112 Å². The van der Waals surface area contributed by atoms with Crippen molar-refractivity contribution in [3.05, 3.63) is 351 Å². The number of hydrogen-bond donors (Lipinski definition) is 0. The van der Waals surface area contributed by atoms with E-state index in [1.807, 2.05) is 224 Å². The summed E-state index contributed by atoms with van der Waals surface area (Å²) in [6, 6.07) is 117.